The summed E-state index contributed by atoms with van der Waals surface area (Å²) in [5.41, 5.74) is 0.375. The smallest absolute Gasteiger partial charge is 0.174 e. The molecule has 27 heavy (non-hydrogen) atoms. The molecular formula is C20H21FN2OS3. The van der Waals surface area contributed by atoms with E-state index in [1.165, 1.54) is 17.0 Å². The van der Waals surface area contributed by atoms with Gasteiger partial charge in [-0.25, -0.2) is 4.39 Å². The van der Waals surface area contributed by atoms with E-state index < -0.39 is 5.41 Å². The normalized spacial score (nSPS) is 16.7. The Balaban J connectivity index is 1.71. The molecule has 1 fully saturated rings. The lowest BCUT2D eigenvalue weighted by molar-refractivity contribution is 0.207. The minimum absolute atomic E-state index is 0.0355. The van der Waals surface area contributed by atoms with Crippen LogP contribution in [0.2, 0.25) is 0 Å². The Morgan fingerprint density at radius 2 is 2.07 bits per heavy atom. The van der Waals surface area contributed by atoms with E-state index in [0.717, 1.165) is 22.9 Å². The fourth-order valence-electron chi connectivity index (χ4n) is 2.47. The highest BCUT2D eigenvalue weighted by Crippen LogP contribution is 2.41. The number of aliphatic hydroxyl groups excluding tert-OH is 1. The van der Waals surface area contributed by atoms with E-state index in [1.807, 2.05) is 31.7 Å². The lowest BCUT2D eigenvalue weighted by atomic mass is 9.96. The van der Waals surface area contributed by atoms with Crippen molar-refractivity contribution in [1.29, 1.82) is 0 Å². The second-order valence-electron chi connectivity index (χ2n) is 6.85. The molecule has 1 saturated heterocycles. The van der Waals surface area contributed by atoms with Crippen molar-refractivity contribution in [3.63, 3.8) is 0 Å². The highest BCUT2D eigenvalue weighted by Gasteiger charge is 2.29. The van der Waals surface area contributed by atoms with Gasteiger partial charge in [-0.2, -0.15) is 0 Å². The third kappa shape index (κ3) is 5.23. The Labute approximate surface area is 173 Å². The second kappa shape index (κ2) is 8.61. The number of nitrogens with one attached hydrogen (secondary N) is 1. The number of aliphatic hydroxyl groups is 1. The Bertz CT molecular complexity index is 867. The van der Waals surface area contributed by atoms with Crippen molar-refractivity contribution < 1.29 is 9.50 Å². The lowest BCUT2D eigenvalue weighted by Gasteiger charge is -2.26. The van der Waals surface area contributed by atoms with E-state index in [2.05, 4.69) is 28.1 Å². The third-order valence-corrected chi connectivity index (χ3v) is 6.82. The van der Waals surface area contributed by atoms with Gasteiger partial charge in [0.1, 0.15) is 11.2 Å². The summed E-state index contributed by atoms with van der Waals surface area (Å²) < 4.78 is 13.1. The topological polar surface area (TPSA) is 35.5 Å². The van der Waals surface area contributed by atoms with Gasteiger partial charge >= 0.3 is 0 Å². The van der Waals surface area contributed by atoms with Crippen LogP contribution in [-0.4, -0.2) is 34.0 Å². The number of nitrogens with zero attached hydrogens (tertiary/aromatic N) is 1. The van der Waals surface area contributed by atoms with E-state index in [9.17, 15) is 9.50 Å². The fourth-order valence-corrected chi connectivity index (χ4v) is 5.21. The number of thiocarbonyl (C=S) groups is 1. The minimum Gasteiger partial charge on any atom is -0.395 e. The predicted molar refractivity (Wildman–Crippen MR) is 117 cm³/mol. The van der Waals surface area contributed by atoms with Gasteiger partial charge in [-0.1, -0.05) is 11.8 Å². The van der Waals surface area contributed by atoms with Crippen molar-refractivity contribution in [3.05, 3.63) is 52.0 Å². The number of hydrogen-bond donors (Lipinski definition) is 2. The van der Waals surface area contributed by atoms with Crippen LogP contribution < -0.4 is 5.32 Å². The monoisotopic (exact) mass is 420 g/mol. The first-order valence-electron chi connectivity index (χ1n) is 8.56. The van der Waals surface area contributed by atoms with E-state index >= 15 is 0 Å². The minimum atomic E-state index is -0.404. The molecule has 2 heterocycles. The summed E-state index contributed by atoms with van der Waals surface area (Å²) in [7, 11) is 0. The number of halogens is 1. The number of anilines is 1. The molecule has 142 valence electrons. The van der Waals surface area contributed by atoms with Crippen LogP contribution in [0.3, 0.4) is 0 Å². The van der Waals surface area contributed by atoms with Crippen LogP contribution in [-0.2, 0) is 0 Å². The molecule has 1 aromatic heterocycles. The summed E-state index contributed by atoms with van der Waals surface area (Å²) in [6.07, 6.45) is 0. The second-order valence-corrected chi connectivity index (χ2v) is 9.54. The zero-order valence-electron chi connectivity index (χ0n) is 15.2. The Kier molecular flexibility index (Phi) is 6.43. The van der Waals surface area contributed by atoms with Crippen LogP contribution >= 0.6 is 35.3 Å². The quantitative estimate of drug-likeness (QED) is 0.556. The van der Waals surface area contributed by atoms with Gasteiger partial charge in [0.2, 0.25) is 0 Å². The molecule has 2 N–H and O–H groups in total. The van der Waals surface area contributed by atoms with Crippen LogP contribution in [0.4, 0.5) is 10.1 Å². The van der Waals surface area contributed by atoms with Gasteiger partial charge in [-0.3, -0.25) is 0 Å². The zero-order chi connectivity index (χ0) is 19.4. The molecule has 1 aromatic carbocycles. The summed E-state index contributed by atoms with van der Waals surface area (Å²) in [6, 6.07) is 10.3. The number of hydrogen-bond acceptors (Lipinski definition) is 4. The summed E-state index contributed by atoms with van der Waals surface area (Å²) in [5, 5.41) is 13.3. The van der Waals surface area contributed by atoms with Gasteiger partial charge in [-0.05, 0) is 62.5 Å². The van der Waals surface area contributed by atoms with Gasteiger partial charge in [0.25, 0.3) is 0 Å². The summed E-state index contributed by atoms with van der Waals surface area (Å²) in [5.74, 6) is 7.01. The standard InChI is InChI=1S/C20H21FN2OS3/c1-20(2,13-24)10-9-16-7-8-17(27-16)18-23(11-12-26-18)19(25)22-15-5-3-14(21)4-6-15/h3-8,18,24H,11-13H2,1-2H3,(H,22,25)/t18-/m1/s1. The number of rotatable bonds is 3. The Morgan fingerprint density at radius 1 is 1.33 bits per heavy atom. The Morgan fingerprint density at radius 3 is 2.78 bits per heavy atom. The number of thiophene rings is 1. The first-order valence-corrected chi connectivity index (χ1v) is 10.8. The maximum atomic E-state index is 13.1. The van der Waals surface area contributed by atoms with Crippen molar-refractivity contribution in [1.82, 2.24) is 4.90 Å². The molecule has 2 aromatic rings. The largest absolute Gasteiger partial charge is 0.395 e. The summed E-state index contributed by atoms with van der Waals surface area (Å²) in [6.45, 7) is 4.73. The molecule has 0 saturated carbocycles. The molecule has 0 bridgehead atoms. The SMILES string of the molecule is CC(C)(C#Cc1ccc([C@H]2SCCN2C(=S)Nc2ccc(F)cc2)s1)CO. The third-order valence-electron chi connectivity index (χ3n) is 4.04. The molecule has 0 aliphatic carbocycles. The predicted octanol–water partition coefficient (Wildman–Crippen LogP) is 4.70. The molecule has 0 unspecified atom stereocenters. The number of benzene rings is 1. The average molecular weight is 421 g/mol. The Hall–Kier alpha value is -1.59. The van der Waals surface area contributed by atoms with E-state index in [-0.39, 0.29) is 17.8 Å². The molecule has 1 aliphatic heterocycles. The van der Waals surface area contributed by atoms with Gasteiger partial charge in [-0.15, -0.1) is 23.1 Å². The maximum absolute atomic E-state index is 13.1. The maximum Gasteiger partial charge on any atom is 0.174 e. The van der Waals surface area contributed by atoms with Crippen molar-refractivity contribution in [2.75, 3.05) is 24.2 Å². The molecular weight excluding hydrogens is 399 g/mol. The van der Waals surface area contributed by atoms with Gasteiger partial charge in [0.15, 0.2) is 5.11 Å². The van der Waals surface area contributed by atoms with Crippen molar-refractivity contribution in [2.45, 2.75) is 19.2 Å². The highest BCUT2D eigenvalue weighted by molar-refractivity contribution is 7.99. The molecule has 3 nitrogen and oxygen atoms in total. The molecule has 1 atom stereocenters. The van der Waals surface area contributed by atoms with Crippen molar-refractivity contribution >= 4 is 46.1 Å². The molecule has 3 rings (SSSR count). The van der Waals surface area contributed by atoms with Crippen LogP contribution in [0.1, 0.15) is 29.0 Å². The van der Waals surface area contributed by atoms with Crippen LogP contribution in [0, 0.1) is 23.1 Å². The first kappa shape index (κ1) is 20.2. The highest BCUT2D eigenvalue weighted by atomic mass is 32.2. The molecule has 0 spiro atoms. The van der Waals surface area contributed by atoms with E-state index in [4.69, 9.17) is 12.2 Å². The van der Waals surface area contributed by atoms with Crippen LogP contribution in [0.5, 0.6) is 0 Å². The van der Waals surface area contributed by atoms with Gasteiger partial charge in [0, 0.05) is 28.3 Å². The van der Waals surface area contributed by atoms with Gasteiger partial charge < -0.3 is 15.3 Å². The molecule has 1 aliphatic rings. The summed E-state index contributed by atoms with van der Waals surface area (Å²) >= 11 is 9.09. The van der Waals surface area contributed by atoms with Gasteiger partial charge in [0.05, 0.1) is 11.5 Å². The van der Waals surface area contributed by atoms with E-state index in [0.29, 0.717) is 5.11 Å². The van der Waals surface area contributed by atoms with Crippen molar-refractivity contribution in [2.24, 2.45) is 5.41 Å². The first-order chi connectivity index (χ1) is 12.9. The fraction of sp³-hybridized carbons (Fsp3) is 0.350. The van der Waals surface area contributed by atoms with Crippen molar-refractivity contribution in [3.8, 4) is 11.8 Å². The number of thioether (sulfide) groups is 1. The zero-order valence-corrected chi connectivity index (χ0v) is 17.6. The lowest BCUT2D eigenvalue weighted by Crippen LogP contribution is -2.33. The summed E-state index contributed by atoms with van der Waals surface area (Å²) in [4.78, 5) is 4.34. The molecule has 0 amide bonds. The van der Waals surface area contributed by atoms with E-state index in [1.54, 1.807) is 23.5 Å². The van der Waals surface area contributed by atoms with Crippen LogP contribution in [0.15, 0.2) is 36.4 Å². The molecule has 0 radical (unpaired) electrons. The average Bonchev–Trinajstić information content (AvgIpc) is 3.31. The molecule has 7 heteroatoms. The van der Waals surface area contributed by atoms with Crippen LogP contribution in [0.25, 0.3) is 0 Å².